The van der Waals surface area contributed by atoms with Crippen molar-refractivity contribution in [2.45, 2.75) is 26.8 Å². The molecule has 0 N–H and O–H groups in total. The summed E-state index contributed by atoms with van der Waals surface area (Å²) < 4.78 is 5.68. The fourth-order valence-corrected chi connectivity index (χ4v) is 4.59. The molecule has 0 fully saturated rings. The molecule has 0 spiro atoms. The van der Waals surface area contributed by atoms with Crippen molar-refractivity contribution in [1.29, 1.82) is 0 Å². The minimum absolute atomic E-state index is 0.0114. The summed E-state index contributed by atoms with van der Waals surface area (Å²) in [6.07, 6.45) is 3.95. The predicted molar refractivity (Wildman–Crippen MR) is 122 cm³/mol. The molecule has 1 aromatic carbocycles. The van der Waals surface area contributed by atoms with Crippen LogP contribution in [0.4, 0.5) is 0 Å². The van der Waals surface area contributed by atoms with E-state index in [4.69, 9.17) is 4.74 Å². The molecule has 158 valence electrons. The van der Waals surface area contributed by atoms with Crippen LogP contribution in [0.3, 0.4) is 0 Å². The first-order chi connectivity index (χ1) is 15.2. The lowest BCUT2D eigenvalue weighted by Crippen LogP contribution is -2.32. The molecule has 3 heterocycles. The monoisotopic (exact) mass is 432 g/mol. The van der Waals surface area contributed by atoms with Crippen molar-refractivity contribution in [3.63, 3.8) is 0 Å². The number of carbonyl (C=O) groups is 1. The fourth-order valence-electron chi connectivity index (χ4n) is 3.48. The number of thiophene rings is 1. The highest BCUT2D eigenvalue weighted by Gasteiger charge is 2.24. The Morgan fingerprint density at radius 1 is 1.06 bits per heavy atom. The van der Waals surface area contributed by atoms with Crippen molar-refractivity contribution >= 4 is 27.5 Å². The van der Waals surface area contributed by atoms with E-state index in [0.717, 1.165) is 27.0 Å². The van der Waals surface area contributed by atoms with Crippen LogP contribution in [-0.2, 0) is 13.0 Å². The van der Waals surface area contributed by atoms with Gasteiger partial charge < -0.3 is 9.64 Å². The van der Waals surface area contributed by atoms with Crippen LogP contribution in [0.2, 0.25) is 0 Å². The van der Waals surface area contributed by atoms with Gasteiger partial charge in [-0.1, -0.05) is 36.4 Å². The van der Waals surface area contributed by atoms with Crippen LogP contribution >= 0.6 is 11.3 Å². The second kappa shape index (κ2) is 9.66. The maximum Gasteiger partial charge on any atom is 0.264 e. The molecule has 1 amide bonds. The molecule has 0 saturated carbocycles. The molecule has 0 atom stereocenters. The Bertz CT molecular complexity index is 1160. The maximum absolute atomic E-state index is 13.7. The van der Waals surface area contributed by atoms with Gasteiger partial charge in [0.05, 0.1) is 16.9 Å². The van der Waals surface area contributed by atoms with E-state index in [0.29, 0.717) is 36.9 Å². The highest BCUT2D eigenvalue weighted by Crippen LogP contribution is 2.35. The molecule has 0 aliphatic carbocycles. The van der Waals surface area contributed by atoms with Gasteiger partial charge in [-0.2, -0.15) is 0 Å². The van der Waals surface area contributed by atoms with Gasteiger partial charge in [0.25, 0.3) is 5.91 Å². The zero-order chi connectivity index (χ0) is 21.6. The van der Waals surface area contributed by atoms with Crippen LogP contribution < -0.4 is 4.74 Å². The van der Waals surface area contributed by atoms with E-state index in [-0.39, 0.29) is 5.91 Å². The minimum atomic E-state index is -0.0114. The average Bonchev–Trinajstić information content (AvgIpc) is 3.15. The highest BCUT2D eigenvalue weighted by molar-refractivity contribution is 7.20. The second-order valence-electron chi connectivity index (χ2n) is 7.13. The molecule has 0 unspecified atom stereocenters. The van der Waals surface area contributed by atoms with Crippen LogP contribution in [0.1, 0.15) is 33.4 Å². The SMILES string of the molecule is CCOc1ncnc2sc(C(=O)N(CCc3ccccn3)Cc3ccccc3)c(C)c12. The molecule has 4 rings (SSSR count). The molecule has 3 aromatic heterocycles. The Morgan fingerprint density at radius 2 is 1.87 bits per heavy atom. The summed E-state index contributed by atoms with van der Waals surface area (Å²) in [7, 11) is 0. The van der Waals surface area contributed by atoms with Crippen molar-refractivity contribution in [3.8, 4) is 5.88 Å². The lowest BCUT2D eigenvalue weighted by atomic mass is 10.1. The molecule has 6 nitrogen and oxygen atoms in total. The van der Waals surface area contributed by atoms with Crippen molar-refractivity contribution in [1.82, 2.24) is 19.9 Å². The van der Waals surface area contributed by atoms with Gasteiger partial charge in [0.2, 0.25) is 5.88 Å². The maximum atomic E-state index is 13.7. The molecule has 7 heteroatoms. The number of aromatic nitrogens is 3. The van der Waals surface area contributed by atoms with Crippen molar-refractivity contribution in [2.75, 3.05) is 13.2 Å². The smallest absolute Gasteiger partial charge is 0.264 e. The van der Waals surface area contributed by atoms with Crippen LogP contribution in [0.15, 0.2) is 61.1 Å². The summed E-state index contributed by atoms with van der Waals surface area (Å²) >= 11 is 1.39. The molecule has 0 saturated heterocycles. The Hall–Kier alpha value is -3.32. The quantitative estimate of drug-likeness (QED) is 0.404. The third-order valence-electron chi connectivity index (χ3n) is 5.03. The normalized spacial score (nSPS) is 10.9. The third-order valence-corrected chi connectivity index (χ3v) is 6.22. The number of rotatable bonds is 8. The number of ether oxygens (including phenoxy) is 1. The number of hydrogen-bond acceptors (Lipinski definition) is 6. The van der Waals surface area contributed by atoms with E-state index in [2.05, 4.69) is 15.0 Å². The third kappa shape index (κ3) is 4.72. The van der Waals surface area contributed by atoms with E-state index in [1.807, 2.05) is 67.3 Å². The van der Waals surface area contributed by atoms with E-state index < -0.39 is 0 Å². The predicted octanol–water partition coefficient (Wildman–Crippen LogP) is 4.68. The molecule has 0 aliphatic heterocycles. The van der Waals surface area contributed by atoms with Gasteiger partial charge in [0.1, 0.15) is 11.2 Å². The van der Waals surface area contributed by atoms with Crippen LogP contribution in [-0.4, -0.2) is 38.9 Å². The lowest BCUT2D eigenvalue weighted by molar-refractivity contribution is 0.0749. The summed E-state index contributed by atoms with van der Waals surface area (Å²) in [6, 6.07) is 15.9. The van der Waals surface area contributed by atoms with Crippen molar-refractivity contribution < 1.29 is 9.53 Å². The molecule has 31 heavy (non-hydrogen) atoms. The fraction of sp³-hybridized carbons (Fsp3) is 0.250. The first-order valence-electron chi connectivity index (χ1n) is 10.3. The molecular formula is C24H24N4O2S. The van der Waals surface area contributed by atoms with Crippen LogP contribution in [0, 0.1) is 6.92 Å². The van der Waals surface area contributed by atoms with Crippen molar-refractivity contribution in [2.24, 2.45) is 0 Å². The van der Waals surface area contributed by atoms with E-state index in [9.17, 15) is 4.79 Å². The van der Waals surface area contributed by atoms with Gasteiger partial charge in [-0.15, -0.1) is 11.3 Å². The topological polar surface area (TPSA) is 68.2 Å². The summed E-state index contributed by atoms with van der Waals surface area (Å²) in [4.78, 5) is 30.0. The minimum Gasteiger partial charge on any atom is -0.477 e. The Balaban J connectivity index is 1.66. The average molecular weight is 433 g/mol. The lowest BCUT2D eigenvalue weighted by Gasteiger charge is -2.22. The Labute approximate surface area is 185 Å². The zero-order valence-electron chi connectivity index (χ0n) is 17.6. The Kier molecular flexibility index (Phi) is 6.52. The van der Waals surface area contributed by atoms with Crippen molar-refractivity contribution in [3.05, 3.63) is 82.8 Å². The number of hydrogen-bond donors (Lipinski definition) is 0. The number of nitrogens with zero attached hydrogens (tertiary/aromatic N) is 4. The van der Waals surface area contributed by atoms with Gasteiger partial charge in [0, 0.05) is 31.4 Å². The molecule has 0 radical (unpaired) electrons. The van der Waals surface area contributed by atoms with Gasteiger partial charge in [-0.3, -0.25) is 9.78 Å². The molecule has 0 bridgehead atoms. The number of amides is 1. The number of aryl methyl sites for hydroxylation is 1. The summed E-state index contributed by atoms with van der Waals surface area (Å²) in [6.45, 7) is 5.47. The number of carbonyl (C=O) groups excluding carboxylic acids is 1. The van der Waals surface area contributed by atoms with Gasteiger partial charge in [-0.25, -0.2) is 9.97 Å². The second-order valence-corrected chi connectivity index (χ2v) is 8.13. The largest absolute Gasteiger partial charge is 0.477 e. The summed E-state index contributed by atoms with van der Waals surface area (Å²) in [5, 5.41) is 0.821. The molecule has 4 aromatic rings. The summed E-state index contributed by atoms with van der Waals surface area (Å²) in [5.74, 6) is 0.520. The van der Waals surface area contributed by atoms with Crippen LogP contribution in [0.5, 0.6) is 5.88 Å². The summed E-state index contributed by atoms with van der Waals surface area (Å²) in [5.41, 5.74) is 2.92. The standard InChI is InChI=1S/C24H24N4O2S/c1-3-30-22-20-17(2)21(31-23(20)27-16-26-22)24(29)28(15-18-9-5-4-6-10-18)14-12-19-11-7-8-13-25-19/h4-11,13,16H,3,12,14-15H2,1-2H3. The van der Waals surface area contributed by atoms with E-state index >= 15 is 0 Å². The molecule has 0 aliphatic rings. The first-order valence-corrected chi connectivity index (χ1v) is 11.1. The van der Waals surface area contributed by atoms with Gasteiger partial charge in [0.15, 0.2) is 0 Å². The van der Waals surface area contributed by atoms with E-state index in [1.165, 1.54) is 17.7 Å². The van der Waals surface area contributed by atoms with E-state index in [1.54, 1.807) is 6.20 Å². The van der Waals surface area contributed by atoms with Crippen LogP contribution in [0.25, 0.3) is 10.2 Å². The number of benzene rings is 1. The zero-order valence-corrected chi connectivity index (χ0v) is 18.4. The number of pyridine rings is 1. The number of fused-ring (bicyclic) bond motifs is 1. The Morgan fingerprint density at radius 3 is 2.61 bits per heavy atom. The highest BCUT2D eigenvalue weighted by atomic mass is 32.1. The molecular weight excluding hydrogens is 408 g/mol. The van der Waals surface area contributed by atoms with Gasteiger partial charge >= 0.3 is 0 Å². The first kappa shape index (κ1) is 20.9. The van der Waals surface area contributed by atoms with Gasteiger partial charge in [-0.05, 0) is 37.1 Å².